The number of nitrogens with zero attached hydrogens (tertiary/aromatic N) is 2. The second-order valence-corrected chi connectivity index (χ2v) is 4.80. The van der Waals surface area contributed by atoms with E-state index in [0.717, 1.165) is 5.03 Å². The molecule has 2 aromatic heterocycles. The van der Waals surface area contributed by atoms with E-state index in [-0.39, 0.29) is 5.75 Å². The Labute approximate surface area is 95.4 Å². The lowest BCUT2D eigenvalue weighted by Crippen LogP contribution is -1.78. The lowest BCUT2D eigenvalue weighted by Gasteiger charge is -2.00. The van der Waals surface area contributed by atoms with Crippen LogP contribution >= 0.6 is 21.6 Å². The molecule has 0 radical (unpaired) electrons. The van der Waals surface area contributed by atoms with Crippen LogP contribution in [0.2, 0.25) is 0 Å². The lowest BCUT2D eigenvalue weighted by atomic mass is 10.5. The molecule has 0 saturated carbocycles. The van der Waals surface area contributed by atoms with Crippen molar-refractivity contribution in [2.75, 3.05) is 0 Å². The van der Waals surface area contributed by atoms with Crippen LogP contribution in [0.3, 0.4) is 0 Å². The SMILES string of the molecule is Oc1cccnc1SSc1ccccn1. The van der Waals surface area contributed by atoms with Gasteiger partial charge in [-0.05, 0) is 45.9 Å². The van der Waals surface area contributed by atoms with Crippen molar-refractivity contribution in [2.45, 2.75) is 10.1 Å². The topological polar surface area (TPSA) is 46.0 Å². The van der Waals surface area contributed by atoms with Gasteiger partial charge in [0.1, 0.15) is 15.8 Å². The maximum atomic E-state index is 9.47. The maximum Gasteiger partial charge on any atom is 0.149 e. The van der Waals surface area contributed by atoms with Gasteiger partial charge in [-0.3, -0.25) is 0 Å². The lowest BCUT2D eigenvalue weighted by molar-refractivity contribution is 0.457. The Hall–Kier alpha value is -1.20. The zero-order valence-electron chi connectivity index (χ0n) is 7.70. The Balaban J connectivity index is 2.03. The average Bonchev–Trinajstić information content (AvgIpc) is 2.29. The Bertz CT molecular complexity index is 436. The summed E-state index contributed by atoms with van der Waals surface area (Å²) in [5.41, 5.74) is 0. The van der Waals surface area contributed by atoms with E-state index >= 15 is 0 Å². The van der Waals surface area contributed by atoms with Crippen LogP contribution in [0.15, 0.2) is 52.8 Å². The van der Waals surface area contributed by atoms with Crippen LogP contribution in [0, 0.1) is 0 Å². The standard InChI is InChI=1S/C10H8N2OS2/c13-8-4-3-7-12-10(8)15-14-9-5-1-2-6-11-9/h1-7,13H. The molecule has 76 valence electrons. The van der Waals surface area contributed by atoms with Gasteiger partial charge in [-0.25, -0.2) is 9.97 Å². The summed E-state index contributed by atoms with van der Waals surface area (Å²) in [7, 11) is 2.86. The molecule has 0 spiro atoms. The monoisotopic (exact) mass is 236 g/mol. The number of aromatic nitrogens is 2. The number of aromatic hydroxyl groups is 1. The summed E-state index contributed by atoms with van der Waals surface area (Å²) in [4.78, 5) is 8.21. The highest BCUT2D eigenvalue weighted by molar-refractivity contribution is 8.76. The summed E-state index contributed by atoms with van der Waals surface area (Å²) in [6.45, 7) is 0. The van der Waals surface area contributed by atoms with Gasteiger partial charge in [0.25, 0.3) is 0 Å². The van der Waals surface area contributed by atoms with Crippen LogP contribution in [-0.4, -0.2) is 15.1 Å². The highest BCUT2D eigenvalue weighted by Gasteiger charge is 2.03. The number of pyridine rings is 2. The van der Waals surface area contributed by atoms with Crippen LogP contribution in [0.4, 0.5) is 0 Å². The number of rotatable bonds is 3. The first kappa shape index (κ1) is 10.3. The van der Waals surface area contributed by atoms with Crippen molar-refractivity contribution in [1.29, 1.82) is 0 Å². The summed E-state index contributed by atoms with van der Waals surface area (Å²) in [6, 6.07) is 9.03. The molecule has 0 amide bonds. The van der Waals surface area contributed by atoms with Crippen LogP contribution in [0.1, 0.15) is 0 Å². The zero-order valence-corrected chi connectivity index (χ0v) is 9.33. The zero-order chi connectivity index (χ0) is 10.5. The Kier molecular flexibility index (Phi) is 3.47. The third-order valence-corrected chi connectivity index (χ3v) is 3.80. The molecule has 1 N–H and O–H groups in total. The van der Waals surface area contributed by atoms with Crippen molar-refractivity contribution in [3.05, 3.63) is 42.7 Å². The highest BCUT2D eigenvalue weighted by Crippen LogP contribution is 2.38. The van der Waals surface area contributed by atoms with Crippen molar-refractivity contribution in [3.63, 3.8) is 0 Å². The molecule has 0 unspecified atom stereocenters. The highest BCUT2D eigenvalue weighted by atomic mass is 33.1. The largest absolute Gasteiger partial charge is 0.505 e. The van der Waals surface area contributed by atoms with E-state index < -0.39 is 0 Å². The van der Waals surface area contributed by atoms with Gasteiger partial charge in [0.15, 0.2) is 0 Å². The van der Waals surface area contributed by atoms with Gasteiger partial charge in [0.05, 0.1) is 0 Å². The molecule has 0 aromatic carbocycles. The third-order valence-electron chi connectivity index (χ3n) is 1.59. The first-order chi connectivity index (χ1) is 7.36. The molecule has 5 heteroatoms. The second kappa shape index (κ2) is 5.04. The average molecular weight is 236 g/mol. The van der Waals surface area contributed by atoms with Gasteiger partial charge in [-0.2, -0.15) is 0 Å². The fourth-order valence-corrected chi connectivity index (χ4v) is 2.76. The van der Waals surface area contributed by atoms with E-state index in [0.29, 0.717) is 5.03 Å². The quantitative estimate of drug-likeness (QED) is 0.830. The molecule has 15 heavy (non-hydrogen) atoms. The van der Waals surface area contributed by atoms with E-state index in [2.05, 4.69) is 9.97 Å². The Morgan fingerprint density at radius 1 is 0.933 bits per heavy atom. The molecule has 2 heterocycles. The van der Waals surface area contributed by atoms with Gasteiger partial charge in [-0.15, -0.1) is 0 Å². The Morgan fingerprint density at radius 3 is 2.53 bits per heavy atom. The van der Waals surface area contributed by atoms with Gasteiger partial charge in [0.2, 0.25) is 0 Å². The molecule has 0 aliphatic carbocycles. The molecule has 0 saturated heterocycles. The van der Waals surface area contributed by atoms with Crippen LogP contribution in [0.5, 0.6) is 5.75 Å². The Morgan fingerprint density at radius 2 is 1.80 bits per heavy atom. The fraction of sp³-hybridized carbons (Fsp3) is 0. The van der Waals surface area contributed by atoms with Gasteiger partial charge >= 0.3 is 0 Å². The molecule has 2 rings (SSSR count). The molecule has 0 bridgehead atoms. The fourth-order valence-electron chi connectivity index (χ4n) is 0.925. The molecule has 0 aliphatic heterocycles. The number of hydrogen-bond acceptors (Lipinski definition) is 5. The molecular weight excluding hydrogens is 228 g/mol. The smallest absolute Gasteiger partial charge is 0.149 e. The van der Waals surface area contributed by atoms with Crippen LogP contribution in [0.25, 0.3) is 0 Å². The minimum atomic E-state index is 0.200. The minimum Gasteiger partial charge on any atom is -0.505 e. The minimum absolute atomic E-state index is 0.200. The molecule has 2 aromatic rings. The van der Waals surface area contributed by atoms with Crippen molar-refractivity contribution in [3.8, 4) is 5.75 Å². The van der Waals surface area contributed by atoms with E-state index in [1.54, 1.807) is 24.5 Å². The van der Waals surface area contributed by atoms with Crippen molar-refractivity contribution in [1.82, 2.24) is 9.97 Å². The predicted octanol–water partition coefficient (Wildman–Crippen LogP) is 2.98. The summed E-state index contributed by atoms with van der Waals surface area (Å²) >= 11 is 0. The molecule has 0 atom stereocenters. The molecule has 0 fully saturated rings. The van der Waals surface area contributed by atoms with E-state index in [1.165, 1.54) is 21.6 Å². The summed E-state index contributed by atoms with van der Waals surface area (Å²) < 4.78 is 0. The normalized spacial score (nSPS) is 10.1. The van der Waals surface area contributed by atoms with Crippen LogP contribution < -0.4 is 0 Å². The molecule has 0 aliphatic rings. The maximum absolute atomic E-state index is 9.47. The molecule has 3 nitrogen and oxygen atoms in total. The van der Waals surface area contributed by atoms with E-state index in [1.807, 2.05) is 18.2 Å². The predicted molar refractivity (Wildman–Crippen MR) is 61.9 cm³/mol. The van der Waals surface area contributed by atoms with E-state index in [4.69, 9.17) is 0 Å². The summed E-state index contributed by atoms with van der Waals surface area (Å²) in [6.07, 6.45) is 3.39. The summed E-state index contributed by atoms with van der Waals surface area (Å²) in [5.74, 6) is 0.200. The van der Waals surface area contributed by atoms with Crippen molar-refractivity contribution in [2.24, 2.45) is 0 Å². The van der Waals surface area contributed by atoms with Crippen molar-refractivity contribution >= 4 is 21.6 Å². The van der Waals surface area contributed by atoms with Crippen LogP contribution in [-0.2, 0) is 0 Å². The first-order valence-electron chi connectivity index (χ1n) is 4.26. The van der Waals surface area contributed by atoms with Gasteiger partial charge < -0.3 is 5.11 Å². The number of hydrogen-bond donors (Lipinski definition) is 1. The first-order valence-corrected chi connectivity index (χ1v) is 6.41. The van der Waals surface area contributed by atoms with Gasteiger partial charge in [0, 0.05) is 12.4 Å². The third kappa shape index (κ3) is 2.87. The van der Waals surface area contributed by atoms with Gasteiger partial charge in [-0.1, -0.05) is 6.07 Å². The molecular formula is C10H8N2OS2. The van der Waals surface area contributed by atoms with Crippen molar-refractivity contribution < 1.29 is 5.11 Å². The summed E-state index contributed by atoms with van der Waals surface area (Å²) in [5, 5.41) is 11.0. The van der Waals surface area contributed by atoms with E-state index in [9.17, 15) is 5.11 Å². The second-order valence-electron chi connectivity index (χ2n) is 2.66.